The van der Waals surface area contributed by atoms with Gasteiger partial charge in [0.1, 0.15) is 0 Å². The zero-order chi connectivity index (χ0) is 23.5. The summed E-state index contributed by atoms with van der Waals surface area (Å²) < 4.78 is 13.2. The van der Waals surface area contributed by atoms with Crippen molar-refractivity contribution >= 4 is 34.6 Å². The second-order valence-electron chi connectivity index (χ2n) is 7.09. The monoisotopic (exact) mass is 466 g/mol. The molecule has 0 atom stereocenters. The summed E-state index contributed by atoms with van der Waals surface area (Å²) in [7, 11) is 2.85. The van der Waals surface area contributed by atoms with Gasteiger partial charge in [0.25, 0.3) is 5.91 Å². The number of hydrogen-bond acceptors (Lipinski definition) is 6. The number of carbonyl (C=O) groups is 2. The van der Waals surface area contributed by atoms with Crippen molar-refractivity contribution in [2.24, 2.45) is 7.05 Å². The van der Waals surface area contributed by atoms with E-state index in [4.69, 9.17) is 16.3 Å². The Morgan fingerprint density at radius 3 is 2.58 bits per heavy atom. The number of aryl methyl sites for hydroxylation is 1. The minimum Gasteiger partial charge on any atom is -0.437 e. The molecule has 1 amide bonds. The number of para-hydroxylation sites is 1. The van der Waals surface area contributed by atoms with Crippen LogP contribution in [0.5, 0.6) is 5.88 Å². The Labute approximate surface area is 193 Å². The van der Waals surface area contributed by atoms with Gasteiger partial charge in [0.15, 0.2) is 5.43 Å². The van der Waals surface area contributed by atoms with E-state index in [1.807, 2.05) is 6.07 Å². The summed E-state index contributed by atoms with van der Waals surface area (Å²) in [5.74, 6) is -0.520. The summed E-state index contributed by atoms with van der Waals surface area (Å²) in [6.45, 7) is -0.204. The molecule has 10 heteroatoms. The molecule has 0 aliphatic heterocycles. The quantitative estimate of drug-likeness (QED) is 0.452. The van der Waals surface area contributed by atoms with E-state index < -0.39 is 17.5 Å². The number of carbonyl (C=O) groups excluding carboxylic acids is 2. The van der Waals surface area contributed by atoms with E-state index in [1.165, 1.54) is 10.9 Å². The average molecular weight is 467 g/mol. The lowest BCUT2D eigenvalue weighted by molar-refractivity contribution is 0.0950. The van der Waals surface area contributed by atoms with Crippen LogP contribution in [0.3, 0.4) is 0 Å². The minimum absolute atomic E-state index is 0.0660. The van der Waals surface area contributed by atoms with Gasteiger partial charge in [0.2, 0.25) is 5.88 Å². The van der Waals surface area contributed by atoms with E-state index in [0.29, 0.717) is 27.2 Å². The van der Waals surface area contributed by atoms with Crippen LogP contribution in [0.4, 0.5) is 4.79 Å². The molecule has 0 fully saturated rings. The van der Waals surface area contributed by atoms with Gasteiger partial charge in [0.05, 0.1) is 36.5 Å². The third kappa shape index (κ3) is 4.44. The SMILES string of the molecule is COC(=O)Oc1c(CNC(=O)c2cnn(C)c2)c(=O)c2ccc(Cl)cc2n1-c1ccccc1. The van der Waals surface area contributed by atoms with E-state index in [0.717, 1.165) is 7.11 Å². The van der Waals surface area contributed by atoms with Gasteiger partial charge in [-0.1, -0.05) is 29.8 Å². The lowest BCUT2D eigenvalue weighted by atomic mass is 10.1. The highest BCUT2D eigenvalue weighted by Gasteiger charge is 2.23. The van der Waals surface area contributed by atoms with E-state index >= 15 is 0 Å². The molecule has 0 unspecified atom stereocenters. The number of rotatable bonds is 5. The Balaban J connectivity index is 1.92. The predicted molar refractivity (Wildman–Crippen MR) is 122 cm³/mol. The molecule has 0 radical (unpaired) electrons. The molecule has 0 aliphatic carbocycles. The molecule has 4 aromatic rings. The van der Waals surface area contributed by atoms with Gasteiger partial charge in [-0.05, 0) is 30.3 Å². The average Bonchev–Trinajstić information content (AvgIpc) is 3.25. The maximum absolute atomic E-state index is 13.4. The van der Waals surface area contributed by atoms with Gasteiger partial charge in [-0.3, -0.25) is 18.8 Å². The summed E-state index contributed by atoms with van der Waals surface area (Å²) in [5, 5.41) is 7.40. The number of benzene rings is 2. The number of fused-ring (bicyclic) bond motifs is 1. The van der Waals surface area contributed by atoms with E-state index in [9.17, 15) is 14.4 Å². The predicted octanol–water partition coefficient (Wildman–Crippen LogP) is 3.45. The third-order valence-corrected chi connectivity index (χ3v) is 5.17. The number of ether oxygens (including phenoxy) is 2. The normalized spacial score (nSPS) is 10.8. The van der Waals surface area contributed by atoms with Crippen molar-refractivity contribution < 1.29 is 19.1 Å². The topological polar surface area (TPSA) is 104 Å². The highest BCUT2D eigenvalue weighted by molar-refractivity contribution is 6.31. The van der Waals surface area contributed by atoms with Gasteiger partial charge >= 0.3 is 6.16 Å². The molecule has 4 rings (SSSR count). The van der Waals surface area contributed by atoms with Crippen LogP contribution < -0.4 is 15.5 Å². The molecule has 0 aliphatic rings. The molecule has 0 spiro atoms. The molecule has 1 N–H and O–H groups in total. The summed E-state index contributed by atoms with van der Waals surface area (Å²) in [6, 6.07) is 13.8. The summed E-state index contributed by atoms with van der Waals surface area (Å²) in [4.78, 5) is 38.1. The van der Waals surface area contributed by atoms with Gasteiger partial charge in [0, 0.05) is 29.3 Å². The molecule has 0 bridgehead atoms. The standard InChI is InChI=1S/C23H19ClN4O5/c1-27-13-14(11-26-27)21(30)25-12-18-20(29)17-9-8-15(24)10-19(17)28(16-6-4-3-5-7-16)22(18)33-23(31)32-2/h3-11,13H,12H2,1-2H3,(H,25,30). The molecule has 0 saturated heterocycles. The lowest BCUT2D eigenvalue weighted by Crippen LogP contribution is -2.29. The lowest BCUT2D eigenvalue weighted by Gasteiger charge is -2.20. The van der Waals surface area contributed by atoms with Crippen molar-refractivity contribution in [2.45, 2.75) is 6.54 Å². The van der Waals surface area contributed by atoms with Gasteiger partial charge in [-0.15, -0.1) is 0 Å². The molecule has 2 heterocycles. The van der Waals surface area contributed by atoms with E-state index in [1.54, 1.807) is 60.3 Å². The molecule has 2 aromatic carbocycles. The fourth-order valence-electron chi connectivity index (χ4n) is 3.41. The Morgan fingerprint density at radius 2 is 1.91 bits per heavy atom. The summed E-state index contributed by atoms with van der Waals surface area (Å²) >= 11 is 6.22. The molecular formula is C23H19ClN4O5. The van der Waals surface area contributed by atoms with Crippen molar-refractivity contribution in [3.05, 3.63) is 87.3 Å². The first kappa shape index (κ1) is 22.1. The van der Waals surface area contributed by atoms with Gasteiger partial charge in [-0.2, -0.15) is 5.10 Å². The van der Waals surface area contributed by atoms with E-state index in [-0.39, 0.29) is 18.0 Å². The number of nitrogens with one attached hydrogen (secondary N) is 1. The van der Waals surface area contributed by atoms with Gasteiger partial charge < -0.3 is 14.8 Å². The summed E-state index contributed by atoms with van der Waals surface area (Å²) in [5.41, 5.74) is 1.02. The highest BCUT2D eigenvalue weighted by atomic mass is 35.5. The van der Waals surface area contributed by atoms with Crippen LogP contribution in [0.15, 0.2) is 65.7 Å². The fourth-order valence-corrected chi connectivity index (χ4v) is 3.58. The highest BCUT2D eigenvalue weighted by Crippen LogP contribution is 2.29. The maximum Gasteiger partial charge on any atom is 0.514 e. The minimum atomic E-state index is -1.01. The van der Waals surface area contributed by atoms with Crippen molar-refractivity contribution in [1.82, 2.24) is 19.7 Å². The Hall–Kier alpha value is -4.11. The Morgan fingerprint density at radius 1 is 1.15 bits per heavy atom. The van der Waals surface area contributed by atoms with Crippen molar-refractivity contribution in [3.8, 4) is 11.6 Å². The molecule has 2 aromatic heterocycles. The number of halogens is 1. The molecule has 9 nitrogen and oxygen atoms in total. The first-order valence-corrected chi connectivity index (χ1v) is 10.2. The summed E-state index contributed by atoms with van der Waals surface area (Å²) in [6.07, 6.45) is 1.94. The van der Waals surface area contributed by atoms with E-state index in [2.05, 4.69) is 15.2 Å². The largest absolute Gasteiger partial charge is 0.514 e. The van der Waals surface area contributed by atoms with Crippen LogP contribution in [0.2, 0.25) is 5.02 Å². The second-order valence-corrected chi connectivity index (χ2v) is 7.52. The Kier molecular flexibility index (Phi) is 6.14. The fraction of sp³-hybridized carbons (Fsp3) is 0.130. The zero-order valence-corrected chi connectivity index (χ0v) is 18.5. The van der Waals surface area contributed by atoms with Gasteiger partial charge in [-0.25, -0.2) is 4.79 Å². The first-order valence-electron chi connectivity index (χ1n) is 9.84. The molecule has 33 heavy (non-hydrogen) atoms. The van der Waals surface area contributed by atoms with Crippen LogP contribution >= 0.6 is 11.6 Å². The number of aromatic nitrogens is 3. The molecular weight excluding hydrogens is 448 g/mol. The van der Waals surface area contributed by atoms with Crippen molar-refractivity contribution in [2.75, 3.05) is 7.11 Å². The van der Waals surface area contributed by atoms with Crippen LogP contribution in [-0.4, -0.2) is 33.5 Å². The molecule has 0 saturated carbocycles. The number of hydrogen-bond donors (Lipinski definition) is 1. The zero-order valence-electron chi connectivity index (χ0n) is 17.7. The van der Waals surface area contributed by atoms with Crippen LogP contribution in [0, 0.1) is 0 Å². The number of methoxy groups -OCH3 is 1. The molecule has 168 valence electrons. The van der Waals surface area contributed by atoms with Crippen LogP contribution in [0.25, 0.3) is 16.6 Å². The number of amides is 1. The number of nitrogens with zero attached hydrogens (tertiary/aromatic N) is 3. The van der Waals surface area contributed by atoms with Crippen molar-refractivity contribution in [1.29, 1.82) is 0 Å². The number of pyridine rings is 1. The first-order chi connectivity index (χ1) is 15.9. The third-order valence-electron chi connectivity index (χ3n) is 4.93. The van der Waals surface area contributed by atoms with Crippen LogP contribution in [-0.2, 0) is 18.3 Å². The van der Waals surface area contributed by atoms with Crippen LogP contribution in [0.1, 0.15) is 15.9 Å². The Bertz CT molecular complexity index is 1410. The maximum atomic E-state index is 13.4. The van der Waals surface area contributed by atoms with Crippen molar-refractivity contribution in [3.63, 3.8) is 0 Å². The second kappa shape index (κ2) is 9.17. The smallest absolute Gasteiger partial charge is 0.437 e.